The summed E-state index contributed by atoms with van der Waals surface area (Å²) < 4.78 is 0. The zero-order valence-corrected chi connectivity index (χ0v) is 18.6. The van der Waals surface area contributed by atoms with Crippen LogP contribution in [-0.4, -0.2) is 73.0 Å². The Hall–Kier alpha value is -2.21. The van der Waals surface area contributed by atoms with Crippen LogP contribution in [0.2, 0.25) is 0 Å². The molecule has 1 amide bonds. The molecule has 5 heteroatoms. The fourth-order valence-electron chi connectivity index (χ4n) is 4.75. The monoisotopic (exact) mass is 420 g/mol. The molecular formula is C26H36N4O. The normalized spacial score (nSPS) is 21.1. The van der Waals surface area contributed by atoms with E-state index in [0.717, 1.165) is 78.3 Å². The number of carbonyl (C=O) groups excluding carboxylic acids is 1. The van der Waals surface area contributed by atoms with Gasteiger partial charge >= 0.3 is 0 Å². The van der Waals surface area contributed by atoms with E-state index in [2.05, 4.69) is 80.7 Å². The summed E-state index contributed by atoms with van der Waals surface area (Å²) >= 11 is 0. The molecule has 2 fully saturated rings. The summed E-state index contributed by atoms with van der Waals surface area (Å²) in [6, 6.07) is 21.3. The van der Waals surface area contributed by atoms with E-state index in [0.29, 0.717) is 0 Å². The summed E-state index contributed by atoms with van der Waals surface area (Å²) in [5.74, 6) is 0.362. The van der Waals surface area contributed by atoms with Crippen LogP contribution in [0.25, 0.3) is 0 Å². The molecule has 2 aromatic carbocycles. The molecule has 166 valence electrons. The minimum absolute atomic E-state index is 0.125. The lowest BCUT2D eigenvalue weighted by molar-refractivity contribution is -0.126. The molecule has 2 aliphatic rings. The first-order valence-electron chi connectivity index (χ1n) is 11.8. The van der Waals surface area contributed by atoms with Crippen LogP contribution in [0.3, 0.4) is 0 Å². The van der Waals surface area contributed by atoms with Gasteiger partial charge in [0.15, 0.2) is 0 Å². The number of rotatable bonds is 8. The van der Waals surface area contributed by atoms with Crippen molar-refractivity contribution in [1.29, 1.82) is 0 Å². The molecule has 1 atom stereocenters. The number of likely N-dealkylation sites (tertiary alicyclic amines) is 1. The van der Waals surface area contributed by atoms with E-state index in [1.54, 1.807) is 0 Å². The molecule has 0 aliphatic carbocycles. The van der Waals surface area contributed by atoms with Gasteiger partial charge in [-0.05, 0) is 30.5 Å². The van der Waals surface area contributed by atoms with Crippen LogP contribution < -0.4 is 5.32 Å². The molecule has 2 aliphatic heterocycles. The SMILES string of the molecule is O=C(NCCN1CCN(Cc2ccccc2)CC1)C1CCCN(Cc2ccccc2)C1. The molecule has 0 saturated carbocycles. The number of hydrogen-bond acceptors (Lipinski definition) is 4. The van der Waals surface area contributed by atoms with Crippen LogP contribution in [0.5, 0.6) is 0 Å². The Morgan fingerprint density at radius 1 is 0.774 bits per heavy atom. The first kappa shape index (κ1) is 22.0. The van der Waals surface area contributed by atoms with E-state index in [1.807, 2.05) is 0 Å². The van der Waals surface area contributed by atoms with Crippen molar-refractivity contribution in [2.45, 2.75) is 25.9 Å². The van der Waals surface area contributed by atoms with Gasteiger partial charge in [-0.3, -0.25) is 19.5 Å². The van der Waals surface area contributed by atoms with Crippen LogP contribution >= 0.6 is 0 Å². The van der Waals surface area contributed by atoms with Crippen molar-refractivity contribution in [3.05, 3.63) is 71.8 Å². The zero-order chi connectivity index (χ0) is 21.3. The second-order valence-corrected chi connectivity index (χ2v) is 8.95. The number of nitrogens with one attached hydrogen (secondary N) is 1. The van der Waals surface area contributed by atoms with Crippen molar-refractivity contribution in [2.24, 2.45) is 5.92 Å². The fourth-order valence-corrected chi connectivity index (χ4v) is 4.75. The van der Waals surface area contributed by atoms with Crippen LogP contribution in [0, 0.1) is 5.92 Å². The van der Waals surface area contributed by atoms with E-state index in [1.165, 1.54) is 11.1 Å². The summed E-state index contributed by atoms with van der Waals surface area (Å²) in [7, 11) is 0. The molecule has 31 heavy (non-hydrogen) atoms. The average molecular weight is 421 g/mol. The van der Waals surface area contributed by atoms with E-state index < -0.39 is 0 Å². The molecule has 2 aromatic rings. The molecule has 1 unspecified atom stereocenters. The Labute approximate surface area is 187 Å². The van der Waals surface area contributed by atoms with Crippen molar-refractivity contribution in [3.63, 3.8) is 0 Å². The topological polar surface area (TPSA) is 38.8 Å². The summed E-state index contributed by atoms with van der Waals surface area (Å²) in [6.07, 6.45) is 2.11. The van der Waals surface area contributed by atoms with E-state index in [9.17, 15) is 4.79 Å². The Balaban J connectivity index is 1.13. The summed E-state index contributed by atoms with van der Waals surface area (Å²) in [5.41, 5.74) is 2.71. The summed E-state index contributed by atoms with van der Waals surface area (Å²) in [6.45, 7) is 10.0. The second-order valence-electron chi connectivity index (χ2n) is 8.95. The first-order valence-corrected chi connectivity index (χ1v) is 11.8. The highest BCUT2D eigenvalue weighted by Crippen LogP contribution is 2.19. The maximum absolute atomic E-state index is 12.7. The molecule has 0 spiro atoms. The molecule has 2 saturated heterocycles. The predicted molar refractivity (Wildman–Crippen MR) is 126 cm³/mol. The smallest absolute Gasteiger partial charge is 0.224 e. The number of benzene rings is 2. The van der Waals surface area contributed by atoms with Crippen molar-refractivity contribution < 1.29 is 4.79 Å². The van der Waals surface area contributed by atoms with Gasteiger partial charge in [0.05, 0.1) is 5.92 Å². The molecular weight excluding hydrogens is 384 g/mol. The average Bonchev–Trinajstić information content (AvgIpc) is 2.82. The Kier molecular flexibility index (Phi) is 8.11. The van der Waals surface area contributed by atoms with Gasteiger partial charge in [0.2, 0.25) is 5.91 Å². The first-order chi connectivity index (χ1) is 15.3. The maximum Gasteiger partial charge on any atom is 0.224 e. The van der Waals surface area contributed by atoms with E-state index >= 15 is 0 Å². The number of amides is 1. The highest BCUT2D eigenvalue weighted by Gasteiger charge is 2.26. The molecule has 2 heterocycles. The number of piperidine rings is 1. The van der Waals surface area contributed by atoms with Crippen LogP contribution in [0.4, 0.5) is 0 Å². The third kappa shape index (κ3) is 6.89. The lowest BCUT2D eigenvalue weighted by atomic mass is 9.96. The van der Waals surface area contributed by atoms with Gasteiger partial charge in [0.25, 0.3) is 0 Å². The Morgan fingerprint density at radius 2 is 1.35 bits per heavy atom. The minimum atomic E-state index is 0.125. The van der Waals surface area contributed by atoms with Gasteiger partial charge in [-0.25, -0.2) is 0 Å². The van der Waals surface area contributed by atoms with Gasteiger partial charge in [0.1, 0.15) is 0 Å². The van der Waals surface area contributed by atoms with E-state index in [4.69, 9.17) is 0 Å². The number of carbonyl (C=O) groups is 1. The van der Waals surface area contributed by atoms with Gasteiger partial charge in [-0.1, -0.05) is 60.7 Å². The minimum Gasteiger partial charge on any atom is -0.355 e. The van der Waals surface area contributed by atoms with Gasteiger partial charge in [-0.2, -0.15) is 0 Å². The highest BCUT2D eigenvalue weighted by atomic mass is 16.1. The van der Waals surface area contributed by atoms with Crippen molar-refractivity contribution in [1.82, 2.24) is 20.0 Å². The third-order valence-corrected chi connectivity index (χ3v) is 6.57. The highest BCUT2D eigenvalue weighted by molar-refractivity contribution is 5.78. The standard InChI is InChI=1S/C26H36N4O/c31-26(25-12-7-14-30(22-25)21-24-10-5-2-6-11-24)27-13-15-28-16-18-29(19-17-28)20-23-8-3-1-4-9-23/h1-6,8-11,25H,7,12-22H2,(H,27,31). The van der Waals surface area contributed by atoms with Crippen molar-refractivity contribution in [3.8, 4) is 0 Å². The van der Waals surface area contributed by atoms with Crippen LogP contribution in [-0.2, 0) is 17.9 Å². The lowest BCUT2D eigenvalue weighted by Crippen LogP contribution is -2.49. The molecule has 5 nitrogen and oxygen atoms in total. The fraction of sp³-hybridized carbons (Fsp3) is 0.500. The van der Waals surface area contributed by atoms with Crippen molar-refractivity contribution >= 4 is 5.91 Å². The second kappa shape index (κ2) is 11.4. The number of hydrogen-bond donors (Lipinski definition) is 1. The van der Waals surface area contributed by atoms with Crippen LogP contribution in [0.15, 0.2) is 60.7 Å². The third-order valence-electron chi connectivity index (χ3n) is 6.57. The van der Waals surface area contributed by atoms with Gasteiger partial charge in [-0.15, -0.1) is 0 Å². The Morgan fingerprint density at radius 3 is 2.00 bits per heavy atom. The lowest BCUT2D eigenvalue weighted by Gasteiger charge is -2.35. The number of nitrogens with zero attached hydrogens (tertiary/aromatic N) is 3. The van der Waals surface area contributed by atoms with Crippen LogP contribution in [0.1, 0.15) is 24.0 Å². The molecule has 1 N–H and O–H groups in total. The molecule has 4 rings (SSSR count). The quantitative estimate of drug-likeness (QED) is 0.713. The Bertz CT molecular complexity index is 790. The predicted octanol–water partition coefficient (Wildman–Crippen LogP) is 2.83. The van der Waals surface area contributed by atoms with Gasteiger partial charge in [0, 0.05) is 58.9 Å². The van der Waals surface area contributed by atoms with Crippen molar-refractivity contribution in [2.75, 3.05) is 52.4 Å². The van der Waals surface area contributed by atoms with E-state index in [-0.39, 0.29) is 11.8 Å². The van der Waals surface area contributed by atoms with Gasteiger partial charge < -0.3 is 5.32 Å². The largest absolute Gasteiger partial charge is 0.355 e. The maximum atomic E-state index is 12.7. The molecule has 0 radical (unpaired) electrons. The number of piperazine rings is 1. The zero-order valence-electron chi connectivity index (χ0n) is 18.6. The summed E-state index contributed by atoms with van der Waals surface area (Å²) in [5, 5.41) is 3.21. The summed E-state index contributed by atoms with van der Waals surface area (Å²) in [4.78, 5) is 20.2. The molecule has 0 aromatic heterocycles. The molecule has 0 bridgehead atoms.